The number of halogens is 3. The standard InChI is InChI=1S/C35H42F3N5O5/c1-4-29(44)34(46)43(30-32(47-5-2)39-23-40-33(30)48-6-3)20-10-9-19-42-21-17-26(18-22-42)41-31(45)28-12-8-7-11-27(28)24-13-15-25(16-14-24)35(36,37)38/h7-8,11-16,23,26H,4-6,9-10,17-22H2,1-3H3,(H,41,45). The summed E-state index contributed by atoms with van der Waals surface area (Å²) in [5.41, 5.74) is 1.02. The number of nitrogens with zero attached hydrogens (tertiary/aromatic N) is 4. The van der Waals surface area contributed by atoms with Crippen molar-refractivity contribution in [3.05, 3.63) is 66.0 Å². The van der Waals surface area contributed by atoms with Gasteiger partial charge < -0.3 is 19.7 Å². The van der Waals surface area contributed by atoms with E-state index in [-0.39, 0.29) is 42.4 Å². The van der Waals surface area contributed by atoms with Crippen molar-refractivity contribution in [1.82, 2.24) is 20.2 Å². The number of rotatable bonds is 15. The predicted molar refractivity (Wildman–Crippen MR) is 175 cm³/mol. The Morgan fingerprint density at radius 3 is 2.12 bits per heavy atom. The number of ether oxygens (including phenoxy) is 2. The Morgan fingerprint density at radius 2 is 1.54 bits per heavy atom. The van der Waals surface area contributed by atoms with Crippen LogP contribution in [0.1, 0.15) is 68.8 Å². The number of carbonyl (C=O) groups excluding carboxylic acids is 3. The third-order valence-corrected chi connectivity index (χ3v) is 8.12. The zero-order valence-corrected chi connectivity index (χ0v) is 27.5. The monoisotopic (exact) mass is 669 g/mol. The lowest BCUT2D eigenvalue weighted by Gasteiger charge is -2.32. The quantitative estimate of drug-likeness (QED) is 0.156. The Balaban J connectivity index is 1.32. The van der Waals surface area contributed by atoms with Gasteiger partial charge in [-0.2, -0.15) is 23.1 Å². The van der Waals surface area contributed by atoms with Crippen LogP contribution in [0.25, 0.3) is 11.1 Å². The largest absolute Gasteiger partial charge is 0.476 e. The number of unbranched alkanes of at least 4 members (excludes halogenated alkanes) is 1. The second kappa shape index (κ2) is 17.0. The highest BCUT2D eigenvalue weighted by atomic mass is 19.4. The van der Waals surface area contributed by atoms with Crippen LogP contribution < -0.4 is 19.7 Å². The molecule has 0 spiro atoms. The van der Waals surface area contributed by atoms with E-state index in [4.69, 9.17) is 9.47 Å². The van der Waals surface area contributed by atoms with Crippen molar-refractivity contribution in [3.8, 4) is 22.9 Å². The van der Waals surface area contributed by atoms with Crippen molar-refractivity contribution in [2.24, 2.45) is 0 Å². The number of carbonyl (C=O) groups is 3. The molecule has 2 aromatic carbocycles. The van der Waals surface area contributed by atoms with Crippen molar-refractivity contribution in [1.29, 1.82) is 0 Å². The molecule has 3 aromatic rings. The molecule has 258 valence electrons. The minimum atomic E-state index is -4.43. The first-order valence-electron chi connectivity index (χ1n) is 16.3. The van der Waals surface area contributed by atoms with E-state index in [2.05, 4.69) is 20.2 Å². The van der Waals surface area contributed by atoms with Crippen LogP contribution in [-0.4, -0.2) is 77.9 Å². The number of Topliss-reactive ketones (excluding diaryl/α,β-unsaturated/α-hetero) is 1. The third kappa shape index (κ3) is 9.30. The molecule has 1 fully saturated rings. The first-order valence-corrected chi connectivity index (χ1v) is 16.3. The van der Waals surface area contributed by atoms with Gasteiger partial charge in [-0.1, -0.05) is 37.3 Å². The summed E-state index contributed by atoms with van der Waals surface area (Å²) in [5.74, 6) is -1.10. The molecule has 2 amide bonds. The Bertz CT molecular complexity index is 1520. The van der Waals surface area contributed by atoms with Crippen LogP contribution in [-0.2, 0) is 15.8 Å². The molecule has 4 rings (SSSR count). The van der Waals surface area contributed by atoms with Gasteiger partial charge in [0, 0.05) is 37.7 Å². The van der Waals surface area contributed by atoms with Crippen LogP contribution in [0.5, 0.6) is 11.8 Å². The molecular formula is C35H42F3N5O5. The highest BCUT2D eigenvalue weighted by Crippen LogP contribution is 2.35. The summed E-state index contributed by atoms with van der Waals surface area (Å²) in [7, 11) is 0. The molecule has 1 N–H and O–H groups in total. The lowest BCUT2D eigenvalue weighted by Crippen LogP contribution is -2.45. The molecule has 1 aliphatic rings. The van der Waals surface area contributed by atoms with Crippen LogP contribution in [0.15, 0.2) is 54.9 Å². The lowest BCUT2D eigenvalue weighted by atomic mass is 9.97. The van der Waals surface area contributed by atoms with E-state index in [0.717, 1.165) is 51.0 Å². The average molecular weight is 670 g/mol. The molecular weight excluding hydrogens is 627 g/mol. The first-order chi connectivity index (χ1) is 23.1. The smallest absolute Gasteiger partial charge is 0.416 e. The molecule has 1 aliphatic heterocycles. The van der Waals surface area contributed by atoms with E-state index in [1.54, 1.807) is 45.0 Å². The highest BCUT2D eigenvalue weighted by molar-refractivity contribution is 6.41. The van der Waals surface area contributed by atoms with E-state index in [0.29, 0.717) is 36.3 Å². The maximum Gasteiger partial charge on any atom is 0.416 e. The number of anilines is 1. The van der Waals surface area contributed by atoms with E-state index >= 15 is 0 Å². The summed E-state index contributed by atoms with van der Waals surface area (Å²) in [6.45, 7) is 8.39. The number of amides is 2. The van der Waals surface area contributed by atoms with Gasteiger partial charge in [0.15, 0.2) is 5.69 Å². The maximum atomic E-state index is 13.3. The summed E-state index contributed by atoms with van der Waals surface area (Å²) in [6.07, 6.45) is -0.245. The lowest BCUT2D eigenvalue weighted by molar-refractivity contribution is -0.137. The van der Waals surface area contributed by atoms with E-state index in [1.165, 1.54) is 23.4 Å². The van der Waals surface area contributed by atoms with Gasteiger partial charge >= 0.3 is 6.18 Å². The normalized spacial score (nSPS) is 14.0. The van der Waals surface area contributed by atoms with Gasteiger partial charge in [-0.05, 0) is 75.4 Å². The second-order valence-electron chi connectivity index (χ2n) is 11.3. The Hall–Kier alpha value is -4.52. The number of hydrogen-bond acceptors (Lipinski definition) is 8. The van der Waals surface area contributed by atoms with Crippen LogP contribution in [0.4, 0.5) is 18.9 Å². The third-order valence-electron chi connectivity index (χ3n) is 8.12. The Labute approximate surface area is 278 Å². The van der Waals surface area contributed by atoms with Crippen molar-refractivity contribution < 1.29 is 37.0 Å². The number of alkyl halides is 3. The number of benzene rings is 2. The second-order valence-corrected chi connectivity index (χ2v) is 11.3. The maximum absolute atomic E-state index is 13.3. The minimum Gasteiger partial charge on any atom is -0.476 e. The molecule has 0 aliphatic carbocycles. The number of nitrogens with one attached hydrogen (secondary N) is 1. The average Bonchev–Trinajstić information content (AvgIpc) is 3.09. The summed E-state index contributed by atoms with van der Waals surface area (Å²) >= 11 is 0. The van der Waals surface area contributed by atoms with Gasteiger partial charge in [0.05, 0.1) is 18.8 Å². The fourth-order valence-electron chi connectivity index (χ4n) is 5.62. The van der Waals surface area contributed by atoms with Gasteiger partial charge in [0.1, 0.15) is 6.33 Å². The van der Waals surface area contributed by atoms with Crippen molar-refractivity contribution in [2.45, 2.75) is 65.1 Å². The molecule has 2 heterocycles. The number of piperidine rings is 1. The summed E-state index contributed by atoms with van der Waals surface area (Å²) in [5, 5.41) is 3.10. The molecule has 0 unspecified atom stereocenters. The fourth-order valence-corrected chi connectivity index (χ4v) is 5.62. The molecule has 0 radical (unpaired) electrons. The molecule has 1 saturated heterocycles. The summed E-state index contributed by atoms with van der Waals surface area (Å²) in [4.78, 5) is 51.0. The summed E-state index contributed by atoms with van der Waals surface area (Å²) in [6, 6.07) is 11.7. The van der Waals surface area contributed by atoms with Crippen LogP contribution in [0, 0.1) is 0 Å². The van der Waals surface area contributed by atoms with Crippen molar-refractivity contribution in [3.63, 3.8) is 0 Å². The summed E-state index contributed by atoms with van der Waals surface area (Å²) < 4.78 is 50.4. The molecule has 0 bridgehead atoms. The molecule has 0 saturated carbocycles. The van der Waals surface area contributed by atoms with Crippen LogP contribution in [0.2, 0.25) is 0 Å². The zero-order valence-electron chi connectivity index (χ0n) is 27.5. The molecule has 0 atom stereocenters. The van der Waals surface area contributed by atoms with E-state index in [9.17, 15) is 27.6 Å². The SMILES string of the molecule is CCOc1ncnc(OCC)c1N(CCCCN1CCC(NC(=O)c2ccccc2-c2ccc(C(F)(F)F)cc2)CC1)C(=O)C(=O)CC. The van der Waals surface area contributed by atoms with Gasteiger partial charge in [-0.25, -0.2) is 0 Å². The fraction of sp³-hybridized carbons (Fsp3) is 0.457. The molecule has 13 heteroatoms. The molecule has 1 aromatic heterocycles. The number of ketones is 1. The van der Waals surface area contributed by atoms with Crippen molar-refractivity contribution in [2.75, 3.05) is 44.3 Å². The topological polar surface area (TPSA) is 114 Å². The Morgan fingerprint density at radius 1 is 0.917 bits per heavy atom. The number of aromatic nitrogens is 2. The van der Waals surface area contributed by atoms with Gasteiger partial charge in [0.2, 0.25) is 17.5 Å². The van der Waals surface area contributed by atoms with Gasteiger partial charge in [0.25, 0.3) is 11.8 Å². The predicted octanol–water partition coefficient (Wildman–Crippen LogP) is 5.95. The highest BCUT2D eigenvalue weighted by Gasteiger charge is 2.31. The molecule has 48 heavy (non-hydrogen) atoms. The van der Waals surface area contributed by atoms with Crippen LogP contribution >= 0.6 is 0 Å². The number of hydrogen-bond donors (Lipinski definition) is 1. The van der Waals surface area contributed by atoms with Crippen LogP contribution in [0.3, 0.4) is 0 Å². The van der Waals surface area contributed by atoms with Gasteiger partial charge in [-0.3, -0.25) is 19.3 Å². The minimum absolute atomic E-state index is 0.0466. The number of likely N-dealkylation sites (tertiary alicyclic amines) is 1. The zero-order chi connectivity index (χ0) is 34.7. The Kier molecular flexibility index (Phi) is 12.9. The van der Waals surface area contributed by atoms with Crippen molar-refractivity contribution >= 4 is 23.3 Å². The van der Waals surface area contributed by atoms with E-state index < -0.39 is 23.4 Å². The van der Waals surface area contributed by atoms with E-state index in [1.807, 2.05) is 0 Å². The first kappa shape index (κ1) is 36.3. The molecule has 10 nitrogen and oxygen atoms in total. The van der Waals surface area contributed by atoms with Gasteiger partial charge in [-0.15, -0.1) is 0 Å².